The predicted molar refractivity (Wildman–Crippen MR) is 9.19 cm³/mol. The van der Waals surface area contributed by atoms with Gasteiger partial charge < -0.3 is 27.4 Å². The van der Waals surface area contributed by atoms with Gasteiger partial charge in [0.1, 0.15) is 0 Å². The minimum Gasteiger partial charge on any atom is -2.00 e. The van der Waals surface area contributed by atoms with E-state index in [0.29, 0.717) is 0 Å². The van der Waals surface area contributed by atoms with Crippen LogP contribution in [0, 0.1) is 31.1 Å². The van der Waals surface area contributed by atoms with Gasteiger partial charge in [0, 0.05) is 31.1 Å². The van der Waals surface area contributed by atoms with Crippen LogP contribution in [-0.2, 0) is 44.4 Å². The standard InChI is InChI=1S/Ba.Cu.5O.U/q2*+2;5*-2;. The van der Waals surface area contributed by atoms with Crippen molar-refractivity contribution in [2.45, 2.75) is 0 Å². The number of hydrogen-bond acceptors (Lipinski definition) is 0. The minimum atomic E-state index is 0. The monoisotopic (exact) mass is 519 g/mol. The summed E-state index contributed by atoms with van der Waals surface area (Å²) < 4.78 is 0. The van der Waals surface area contributed by atoms with E-state index in [1.165, 1.54) is 0 Å². The Bertz CT molecular complexity index is 12.4. The van der Waals surface area contributed by atoms with Crippen LogP contribution in [0.25, 0.3) is 0 Å². The Morgan fingerprint density at radius 2 is 0.500 bits per heavy atom. The normalized spacial score (nSPS) is 0. The molecular weight excluding hydrogens is 519 g/mol. The van der Waals surface area contributed by atoms with Crippen LogP contribution >= 0.6 is 0 Å². The van der Waals surface area contributed by atoms with Gasteiger partial charge in [-0.25, -0.2) is 0 Å². The van der Waals surface area contributed by atoms with Gasteiger partial charge in [-0.05, 0) is 0 Å². The quantitative estimate of drug-likeness (QED) is 0.363. The number of hydrogen-bond donors (Lipinski definition) is 0. The van der Waals surface area contributed by atoms with Gasteiger partial charge in [0.15, 0.2) is 0 Å². The van der Waals surface area contributed by atoms with E-state index in [-0.39, 0.29) is 124 Å². The topological polar surface area (TPSA) is 142 Å². The molecule has 53 valence electrons. The molecule has 0 aromatic rings. The average molecular weight is 519 g/mol. The van der Waals surface area contributed by atoms with Gasteiger partial charge in [-0.3, -0.25) is 0 Å². The summed E-state index contributed by atoms with van der Waals surface area (Å²) in [5.41, 5.74) is 0. The largest absolute Gasteiger partial charge is 2.00 e. The summed E-state index contributed by atoms with van der Waals surface area (Å²) >= 11 is 0. The molecule has 0 heterocycles. The molecule has 0 atom stereocenters. The average Bonchev–Trinajstić information content (AvgIpc) is 0. The zero-order valence-corrected chi connectivity index (χ0v) is 13.1. The Balaban J connectivity index is 0. The molecule has 0 aromatic heterocycles. The molecule has 0 aliphatic heterocycles. The predicted octanol–water partition coefficient (Wildman–Crippen LogP) is -0.977. The first-order valence-corrected chi connectivity index (χ1v) is 0. The van der Waals surface area contributed by atoms with Gasteiger partial charge in [-0.15, -0.1) is 0 Å². The Labute approximate surface area is 122 Å². The van der Waals surface area contributed by atoms with E-state index >= 15 is 0 Å². The van der Waals surface area contributed by atoms with Gasteiger partial charge in [-0.2, -0.15) is 0 Å². The second-order valence-corrected chi connectivity index (χ2v) is 0. The van der Waals surface area contributed by atoms with Crippen molar-refractivity contribution < 1.29 is 75.6 Å². The molecule has 0 saturated heterocycles. The molecule has 0 aliphatic carbocycles. The molecule has 8 heteroatoms. The van der Waals surface area contributed by atoms with Crippen molar-refractivity contribution in [3.8, 4) is 0 Å². The fraction of sp³-hybridized carbons (Fsp3) is 0. The first kappa shape index (κ1) is 125. The maximum Gasteiger partial charge on any atom is 2.00 e. The van der Waals surface area contributed by atoms with E-state index < -0.39 is 0 Å². The molecule has 0 fully saturated rings. The van der Waals surface area contributed by atoms with Gasteiger partial charge in [0.2, 0.25) is 0 Å². The summed E-state index contributed by atoms with van der Waals surface area (Å²) in [5.74, 6) is 0. The summed E-state index contributed by atoms with van der Waals surface area (Å²) in [6.07, 6.45) is 0. The van der Waals surface area contributed by atoms with E-state index in [1.807, 2.05) is 0 Å². The summed E-state index contributed by atoms with van der Waals surface area (Å²) in [7, 11) is 0. The third-order valence-corrected chi connectivity index (χ3v) is 0. The molecule has 0 spiro atoms. The second kappa shape index (κ2) is 91.8. The molecule has 0 saturated carbocycles. The SMILES string of the molecule is [Ba+2].[Cu+2].[O-2].[O-2].[O-2].[O-2].[O-2].[U]. The number of rotatable bonds is 0. The van der Waals surface area contributed by atoms with Crippen LogP contribution in [-0.4, -0.2) is 48.9 Å². The zero-order chi connectivity index (χ0) is 0. The van der Waals surface area contributed by atoms with Crippen molar-refractivity contribution in [2.75, 3.05) is 0 Å². The Morgan fingerprint density at radius 1 is 0.500 bits per heavy atom. The molecule has 1 radical (unpaired) electrons. The molecule has 0 bridgehead atoms. The fourth-order valence-electron chi connectivity index (χ4n) is 0. The third-order valence-electron chi connectivity index (χ3n) is 0. The third kappa shape index (κ3) is 65.1. The Kier molecular flexibility index (Phi) is 1430. The molecule has 5 nitrogen and oxygen atoms in total. The summed E-state index contributed by atoms with van der Waals surface area (Å²) in [6, 6.07) is 0. The van der Waals surface area contributed by atoms with Crippen molar-refractivity contribution >= 4 is 48.9 Å². The van der Waals surface area contributed by atoms with E-state index in [9.17, 15) is 0 Å². The molecule has 0 aromatic carbocycles. The van der Waals surface area contributed by atoms with E-state index in [0.717, 1.165) is 0 Å². The van der Waals surface area contributed by atoms with Crippen LogP contribution in [0.4, 0.5) is 0 Å². The first-order chi connectivity index (χ1) is 0. The van der Waals surface area contributed by atoms with Crippen LogP contribution in [0.2, 0.25) is 0 Å². The summed E-state index contributed by atoms with van der Waals surface area (Å²) in [6.45, 7) is 0. The van der Waals surface area contributed by atoms with Crippen LogP contribution in [0.15, 0.2) is 0 Å². The minimum absolute atomic E-state index is 0. The van der Waals surface area contributed by atoms with Crippen molar-refractivity contribution in [1.29, 1.82) is 0 Å². The molecule has 0 unspecified atom stereocenters. The maximum absolute atomic E-state index is 0. The molecule has 0 rings (SSSR count). The summed E-state index contributed by atoms with van der Waals surface area (Å²) in [4.78, 5) is 0. The second-order valence-electron chi connectivity index (χ2n) is 0. The Morgan fingerprint density at radius 3 is 0.500 bits per heavy atom. The van der Waals surface area contributed by atoms with Gasteiger partial charge >= 0.3 is 65.9 Å². The van der Waals surface area contributed by atoms with Crippen molar-refractivity contribution in [2.24, 2.45) is 0 Å². The van der Waals surface area contributed by atoms with Crippen LogP contribution in [0.3, 0.4) is 0 Å². The molecule has 0 amide bonds. The first-order valence-electron chi connectivity index (χ1n) is 0. The zero-order valence-electron chi connectivity index (χ0n) is 3.55. The van der Waals surface area contributed by atoms with Gasteiger partial charge in [0.25, 0.3) is 0 Å². The van der Waals surface area contributed by atoms with E-state index in [4.69, 9.17) is 0 Å². The van der Waals surface area contributed by atoms with Crippen molar-refractivity contribution in [3.05, 3.63) is 0 Å². The molecular formula is BaCuO5U-6. The van der Waals surface area contributed by atoms with Crippen LogP contribution in [0.1, 0.15) is 0 Å². The fourth-order valence-corrected chi connectivity index (χ4v) is 0. The van der Waals surface area contributed by atoms with Gasteiger partial charge in [-0.1, -0.05) is 0 Å². The molecule has 0 N–H and O–H groups in total. The van der Waals surface area contributed by atoms with Gasteiger partial charge in [0.05, 0.1) is 0 Å². The summed E-state index contributed by atoms with van der Waals surface area (Å²) in [5, 5.41) is 0. The Hall–Kier alpha value is 2.94. The van der Waals surface area contributed by atoms with Crippen molar-refractivity contribution in [3.63, 3.8) is 0 Å². The van der Waals surface area contributed by atoms with Crippen molar-refractivity contribution in [1.82, 2.24) is 0 Å². The maximum atomic E-state index is 0. The van der Waals surface area contributed by atoms with E-state index in [2.05, 4.69) is 0 Å². The van der Waals surface area contributed by atoms with Crippen LogP contribution < -0.4 is 0 Å². The molecule has 0 aliphatic rings. The van der Waals surface area contributed by atoms with Crippen LogP contribution in [0.5, 0.6) is 0 Å². The smallest absolute Gasteiger partial charge is 2.00 e. The van der Waals surface area contributed by atoms with E-state index in [1.54, 1.807) is 0 Å². The molecule has 8 heavy (non-hydrogen) atoms.